The normalized spacial score (nSPS) is 32.0. The summed E-state index contributed by atoms with van der Waals surface area (Å²) in [6.07, 6.45) is 11.2. The minimum Gasteiger partial charge on any atom is -0.408 e. The van der Waals surface area contributed by atoms with E-state index in [2.05, 4.69) is 28.8 Å². The van der Waals surface area contributed by atoms with Gasteiger partial charge in [-0.1, -0.05) is 18.2 Å². The number of oxazole rings is 1. The maximum atomic E-state index is 14.4. The molecule has 4 aromatic rings. The van der Waals surface area contributed by atoms with Crippen molar-refractivity contribution in [2.45, 2.75) is 94.1 Å². The number of amides is 1. The van der Waals surface area contributed by atoms with Crippen LogP contribution < -0.4 is 10.7 Å². The number of nitrogens with zero attached hydrogens (tertiary/aromatic N) is 3. The van der Waals surface area contributed by atoms with Gasteiger partial charge >= 0.3 is 5.76 Å². The summed E-state index contributed by atoms with van der Waals surface area (Å²) in [6, 6.07) is 16.2. The molecule has 44 heavy (non-hydrogen) atoms. The SMILES string of the molecule is Cn1nc(C23CCC(CN(C(=O)CC45CC(F)(C4)C5)c4cccc(-c5ccc6[nH]c(=O)oc6c5)c4)(CC2)CC3)cc1C1CC1. The van der Waals surface area contributed by atoms with E-state index in [4.69, 9.17) is 9.52 Å². The van der Waals surface area contributed by atoms with Crippen LogP contribution in [-0.4, -0.2) is 32.9 Å². The minimum absolute atomic E-state index is 0.0791. The summed E-state index contributed by atoms with van der Waals surface area (Å²) in [7, 11) is 2.10. The van der Waals surface area contributed by atoms with Gasteiger partial charge in [-0.15, -0.1) is 0 Å². The van der Waals surface area contributed by atoms with Crippen LogP contribution in [0.2, 0.25) is 0 Å². The van der Waals surface area contributed by atoms with Gasteiger partial charge in [-0.3, -0.25) is 14.5 Å². The molecule has 7 fully saturated rings. The van der Waals surface area contributed by atoms with E-state index >= 15 is 0 Å². The highest BCUT2D eigenvalue weighted by Crippen LogP contribution is 2.71. The molecule has 2 aromatic heterocycles. The van der Waals surface area contributed by atoms with Gasteiger partial charge in [-0.25, -0.2) is 9.18 Å². The van der Waals surface area contributed by atoms with Gasteiger partial charge in [0.1, 0.15) is 5.67 Å². The molecular weight excluding hydrogens is 555 g/mol. The predicted octanol–water partition coefficient (Wildman–Crippen LogP) is 7.31. The Labute approximate surface area is 255 Å². The van der Waals surface area contributed by atoms with Crippen LogP contribution >= 0.6 is 0 Å². The number of alkyl halides is 1. The molecule has 7 nitrogen and oxygen atoms in total. The molecule has 2 aromatic carbocycles. The van der Waals surface area contributed by atoms with Gasteiger partial charge in [-0.2, -0.15) is 5.10 Å². The molecule has 0 saturated heterocycles. The molecule has 0 spiro atoms. The van der Waals surface area contributed by atoms with Gasteiger partial charge in [0.15, 0.2) is 5.58 Å². The summed E-state index contributed by atoms with van der Waals surface area (Å²) in [5, 5.41) is 5.04. The zero-order valence-corrected chi connectivity index (χ0v) is 25.3. The van der Waals surface area contributed by atoms with Gasteiger partial charge in [0.2, 0.25) is 5.91 Å². The van der Waals surface area contributed by atoms with Crippen LogP contribution in [0.4, 0.5) is 10.1 Å². The maximum absolute atomic E-state index is 14.4. The number of aromatic amines is 1. The summed E-state index contributed by atoms with van der Waals surface area (Å²) in [5.74, 6) is 0.337. The van der Waals surface area contributed by atoms with E-state index in [1.54, 1.807) is 0 Å². The van der Waals surface area contributed by atoms with Gasteiger partial charge in [0, 0.05) is 42.7 Å². The number of hydrogen-bond acceptors (Lipinski definition) is 4. The number of carbonyl (C=O) groups is 1. The first kappa shape index (κ1) is 26.7. The summed E-state index contributed by atoms with van der Waals surface area (Å²) in [5.41, 5.74) is 5.71. The molecule has 0 radical (unpaired) electrons. The fraction of sp³-hybridized carbons (Fsp3) is 0.528. The zero-order chi connectivity index (χ0) is 29.9. The first-order chi connectivity index (χ1) is 21.1. The van der Waals surface area contributed by atoms with Crippen molar-refractivity contribution in [2.24, 2.45) is 17.9 Å². The molecule has 0 unspecified atom stereocenters. The average molecular weight is 595 g/mol. The quantitative estimate of drug-likeness (QED) is 0.232. The van der Waals surface area contributed by atoms with Crippen LogP contribution in [0.25, 0.3) is 22.2 Å². The second-order valence-corrected chi connectivity index (χ2v) is 15.2. The Morgan fingerprint density at radius 1 is 1.00 bits per heavy atom. The number of fused-ring (bicyclic) bond motifs is 4. The van der Waals surface area contributed by atoms with Crippen LogP contribution in [0, 0.1) is 10.8 Å². The van der Waals surface area contributed by atoms with Gasteiger partial charge in [0.25, 0.3) is 0 Å². The molecule has 1 N–H and O–H groups in total. The highest BCUT2D eigenvalue weighted by molar-refractivity contribution is 5.95. The Morgan fingerprint density at radius 2 is 1.73 bits per heavy atom. The molecular formula is C36H39FN4O3. The van der Waals surface area contributed by atoms with Crippen molar-refractivity contribution in [3.63, 3.8) is 0 Å². The van der Waals surface area contributed by atoms with Crippen molar-refractivity contribution < 1.29 is 13.6 Å². The number of nitrogens with one attached hydrogen (secondary N) is 1. The van der Waals surface area contributed by atoms with Crippen molar-refractivity contribution in [1.29, 1.82) is 0 Å². The monoisotopic (exact) mass is 594 g/mol. The Bertz CT molecular complexity index is 1830. The maximum Gasteiger partial charge on any atom is 0.417 e. The van der Waals surface area contributed by atoms with Crippen molar-refractivity contribution in [1.82, 2.24) is 14.8 Å². The third-order valence-electron chi connectivity index (χ3n) is 12.2. The van der Waals surface area contributed by atoms with Crippen molar-refractivity contribution >= 4 is 22.7 Å². The van der Waals surface area contributed by atoms with Crippen LogP contribution in [0.1, 0.15) is 94.4 Å². The number of aryl methyl sites for hydroxylation is 1. The van der Waals surface area contributed by atoms with Crippen LogP contribution in [-0.2, 0) is 17.3 Å². The highest BCUT2D eigenvalue weighted by atomic mass is 19.1. The molecule has 0 atom stereocenters. The second-order valence-electron chi connectivity index (χ2n) is 15.2. The average Bonchev–Trinajstić information content (AvgIpc) is 3.65. The fourth-order valence-electron chi connectivity index (χ4n) is 9.49. The molecule has 7 aliphatic rings. The lowest BCUT2D eigenvalue weighted by Crippen LogP contribution is -2.65. The third-order valence-corrected chi connectivity index (χ3v) is 12.2. The van der Waals surface area contributed by atoms with Crippen LogP contribution in [0.15, 0.2) is 57.7 Å². The Kier molecular flexibility index (Phi) is 5.43. The number of halogens is 1. The summed E-state index contributed by atoms with van der Waals surface area (Å²) < 4.78 is 21.9. The van der Waals surface area contributed by atoms with E-state index < -0.39 is 11.4 Å². The van der Waals surface area contributed by atoms with E-state index in [9.17, 15) is 14.0 Å². The highest BCUT2D eigenvalue weighted by Gasteiger charge is 2.69. The lowest BCUT2D eigenvalue weighted by molar-refractivity contribution is -0.215. The fourth-order valence-corrected chi connectivity index (χ4v) is 9.49. The zero-order valence-electron chi connectivity index (χ0n) is 25.3. The lowest BCUT2D eigenvalue weighted by Gasteiger charge is -2.66. The first-order valence-electron chi connectivity index (χ1n) is 16.4. The summed E-state index contributed by atoms with van der Waals surface area (Å²) in [6.45, 7) is 0.698. The van der Waals surface area contributed by atoms with Gasteiger partial charge in [-0.05, 0) is 123 Å². The molecule has 4 bridgehead atoms. The van der Waals surface area contributed by atoms with E-state index in [-0.39, 0.29) is 22.2 Å². The van der Waals surface area contributed by atoms with Gasteiger partial charge < -0.3 is 9.32 Å². The summed E-state index contributed by atoms with van der Waals surface area (Å²) in [4.78, 5) is 30.6. The molecule has 1 amide bonds. The molecule has 7 aliphatic carbocycles. The topological polar surface area (TPSA) is 84.1 Å². The number of carbonyl (C=O) groups excluding carboxylic acids is 1. The Morgan fingerprint density at radius 3 is 2.43 bits per heavy atom. The molecule has 7 saturated carbocycles. The van der Waals surface area contributed by atoms with Crippen molar-refractivity contribution in [2.75, 3.05) is 11.4 Å². The van der Waals surface area contributed by atoms with E-state index in [0.29, 0.717) is 49.2 Å². The Balaban J connectivity index is 1.00. The van der Waals surface area contributed by atoms with Crippen LogP contribution in [0.3, 0.4) is 0 Å². The third kappa shape index (κ3) is 4.16. The van der Waals surface area contributed by atoms with Crippen molar-refractivity contribution in [3.05, 3.63) is 70.5 Å². The molecule has 8 heteroatoms. The summed E-state index contributed by atoms with van der Waals surface area (Å²) >= 11 is 0. The number of benzene rings is 2. The van der Waals surface area contributed by atoms with Gasteiger partial charge in [0.05, 0.1) is 11.2 Å². The van der Waals surface area contributed by atoms with E-state index in [0.717, 1.165) is 55.3 Å². The molecule has 11 rings (SSSR count). The minimum atomic E-state index is -1.02. The Hall–Kier alpha value is -3.68. The predicted molar refractivity (Wildman–Crippen MR) is 166 cm³/mol. The van der Waals surface area contributed by atoms with E-state index in [1.165, 1.54) is 24.2 Å². The number of aromatic nitrogens is 3. The second kappa shape index (κ2) is 8.95. The number of anilines is 1. The first-order valence-corrected chi connectivity index (χ1v) is 16.4. The number of rotatable bonds is 8. The lowest BCUT2D eigenvalue weighted by atomic mass is 9.41. The van der Waals surface area contributed by atoms with Crippen LogP contribution in [0.5, 0.6) is 0 Å². The largest absolute Gasteiger partial charge is 0.417 e. The number of hydrogen-bond donors (Lipinski definition) is 1. The molecule has 228 valence electrons. The smallest absolute Gasteiger partial charge is 0.408 e. The molecule has 0 aliphatic heterocycles. The van der Waals surface area contributed by atoms with Crippen molar-refractivity contribution in [3.8, 4) is 11.1 Å². The molecule has 2 heterocycles. The number of H-pyrrole nitrogens is 1. The van der Waals surface area contributed by atoms with E-state index in [1.807, 2.05) is 41.3 Å². The standard InChI is InChI=1S/C36H39FN4O3/c1-40-28(23-5-6-23)17-30(39-40)35-12-9-33(10-13-35,11-14-35)22-41(31(42)18-34-19-36(37,20-34)21-34)26-4-2-3-24(15-26)25-7-8-27-29(16-25)44-32(43)38-27/h2-4,7-8,15-17,23H,5-6,9-14,18-22H2,1H3,(H,38,43).